The Morgan fingerprint density at radius 2 is 1.81 bits per heavy atom. The molecule has 0 radical (unpaired) electrons. The number of ether oxygens (including phenoxy) is 1. The van der Waals surface area contributed by atoms with Crippen LogP contribution in [0.25, 0.3) is 10.9 Å². The van der Waals surface area contributed by atoms with Crippen molar-refractivity contribution in [1.29, 1.82) is 0 Å². The van der Waals surface area contributed by atoms with Crippen molar-refractivity contribution in [3.63, 3.8) is 0 Å². The van der Waals surface area contributed by atoms with E-state index in [1.165, 1.54) is 16.5 Å². The minimum absolute atomic E-state index is 0.162. The molecule has 4 rings (SSSR count). The molecule has 1 aliphatic heterocycles. The van der Waals surface area contributed by atoms with E-state index < -0.39 is 0 Å². The van der Waals surface area contributed by atoms with Crippen LogP contribution in [0.1, 0.15) is 31.7 Å². The highest BCUT2D eigenvalue weighted by molar-refractivity contribution is 5.94. The Kier molecular flexibility index (Phi) is 6.73. The maximum Gasteiger partial charge on any atom is 0.227 e. The van der Waals surface area contributed by atoms with Gasteiger partial charge in [-0.05, 0) is 43.0 Å². The number of aromatic nitrogens is 1. The smallest absolute Gasteiger partial charge is 0.227 e. The molecule has 1 aromatic heterocycles. The second-order valence-electron chi connectivity index (χ2n) is 8.53. The molecule has 31 heavy (non-hydrogen) atoms. The lowest BCUT2D eigenvalue weighted by molar-refractivity contribution is -0.120. The van der Waals surface area contributed by atoms with E-state index in [4.69, 9.17) is 4.74 Å². The number of piperidine rings is 1. The van der Waals surface area contributed by atoms with E-state index in [-0.39, 0.29) is 11.4 Å². The van der Waals surface area contributed by atoms with Gasteiger partial charge in [0.05, 0.1) is 12.1 Å². The number of para-hydroxylation sites is 2. The third kappa shape index (κ3) is 4.53. The van der Waals surface area contributed by atoms with E-state index in [1.807, 2.05) is 42.2 Å². The first kappa shape index (κ1) is 21.6. The molecule has 1 amide bonds. The topological polar surface area (TPSA) is 48.6 Å². The second kappa shape index (κ2) is 9.67. The zero-order valence-electron chi connectivity index (χ0n) is 18.6. The first-order valence-corrected chi connectivity index (χ1v) is 11.3. The van der Waals surface area contributed by atoms with Gasteiger partial charge in [-0.25, -0.2) is 0 Å². The second-order valence-corrected chi connectivity index (χ2v) is 8.53. The van der Waals surface area contributed by atoms with Gasteiger partial charge in [-0.15, -0.1) is 0 Å². The quantitative estimate of drug-likeness (QED) is 0.579. The third-order valence-electron chi connectivity index (χ3n) is 6.61. The highest BCUT2D eigenvalue weighted by atomic mass is 16.5. The maximum atomic E-state index is 13.0. The van der Waals surface area contributed by atoms with Crippen LogP contribution in [0.4, 0.5) is 5.69 Å². The Labute approximate surface area is 185 Å². The van der Waals surface area contributed by atoms with E-state index in [0.717, 1.165) is 44.6 Å². The van der Waals surface area contributed by atoms with Gasteiger partial charge in [-0.2, -0.15) is 0 Å². The molecule has 0 bridgehead atoms. The molecule has 1 fully saturated rings. The number of methoxy groups -OCH3 is 1. The molecule has 0 atom stereocenters. The average molecular weight is 420 g/mol. The number of aromatic amines is 1. The van der Waals surface area contributed by atoms with Crippen LogP contribution >= 0.6 is 0 Å². The number of nitrogens with zero attached hydrogens (tertiary/aromatic N) is 2. The lowest BCUT2D eigenvalue weighted by atomic mass is 9.85. The highest BCUT2D eigenvalue weighted by Crippen LogP contribution is 2.34. The van der Waals surface area contributed by atoms with Crippen LogP contribution in [0.3, 0.4) is 0 Å². The molecule has 0 saturated carbocycles. The van der Waals surface area contributed by atoms with Crippen LogP contribution in [-0.4, -0.2) is 54.7 Å². The number of benzene rings is 2. The number of nitrogens with one attached hydrogen (secondary N) is 1. The van der Waals surface area contributed by atoms with Crippen molar-refractivity contribution in [2.45, 2.75) is 38.1 Å². The first-order chi connectivity index (χ1) is 15.2. The maximum absolute atomic E-state index is 13.0. The summed E-state index contributed by atoms with van der Waals surface area (Å²) in [6.07, 6.45) is 5.48. The lowest BCUT2D eigenvalue weighted by Crippen LogP contribution is -2.60. The molecular formula is C26H33N3O2. The first-order valence-electron chi connectivity index (χ1n) is 11.3. The van der Waals surface area contributed by atoms with E-state index in [1.54, 1.807) is 7.11 Å². The number of H-pyrrole nitrogens is 1. The standard InChI is InChI=1S/C26H33N3O2/c1-3-25(30)29(22-9-5-4-6-10-22)26(20-31-2)14-17-28(18-15-26)16-13-21-19-27-24-12-8-7-11-23(21)24/h4-12,19,27H,3,13-18,20H2,1-2H3. The van der Waals surface area contributed by atoms with Crippen molar-refractivity contribution in [2.75, 3.05) is 38.3 Å². The highest BCUT2D eigenvalue weighted by Gasteiger charge is 2.42. The number of rotatable bonds is 8. The van der Waals surface area contributed by atoms with Gasteiger partial charge < -0.3 is 19.5 Å². The van der Waals surface area contributed by atoms with Crippen molar-refractivity contribution in [2.24, 2.45) is 0 Å². The summed E-state index contributed by atoms with van der Waals surface area (Å²) in [6.45, 7) is 5.45. The van der Waals surface area contributed by atoms with E-state index in [9.17, 15) is 4.79 Å². The van der Waals surface area contributed by atoms with Gasteiger partial charge >= 0.3 is 0 Å². The predicted molar refractivity (Wildman–Crippen MR) is 127 cm³/mol. The number of amides is 1. The molecule has 0 aliphatic carbocycles. The number of anilines is 1. The van der Waals surface area contributed by atoms with Gasteiger partial charge in [0, 0.05) is 56.0 Å². The predicted octanol–water partition coefficient (Wildman–Crippen LogP) is 4.63. The van der Waals surface area contributed by atoms with E-state index >= 15 is 0 Å². The minimum Gasteiger partial charge on any atom is -0.382 e. The zero-order valence-corrected chi connectivity index (χ0v) is 18.6. The van der Waals surface area contributed by atoms with Crippen LogP contribution in [0.15, 0.2) is 60.8 Å². The SMILES string of the molecule is CCC(=O)N(c1ccccc1)C1(COC)CCN(CCc2c[nH]c3ccccc23)CC1. The van der Waals surface area contributed by atoms with Gasteiger partial charge in [0.2, 0.25) is 5.91 Å². The van der Waals surface area contributed by atoms with Crippen molar-refractivity contribution in [3.05, 3.63) is 66.4 Å². The molecule has 0 spiro atoms. The van der Waals surface area contributed by atoms with E-state index in [2.05, 4.69) is 40.3 Å². The molecule has 1 aliphatic rings. The minimum atomic E-state index is -0.291. The number of likely N-dealkylation sites (tertiary alicyclic amines) is 1. The summed E-state index contributed by atoms with van der Waals surface area (Å²) >= 11 is 0. The van der Waals surface area contributed by atoms with Gasteiger partial charge in [0.15, 0.2) is 0 Å². The molecule has 3 aromatic rings. The molecule has 0 unspecified atom stereocenters. The molecule has 5 nitrogen and oxygen atoms in total. The van der Waals surface area contributed by atoms with Crippen molar-refractivity contribution in [1.82, 2.24) is 9.88 Å². The molecule has 5 heteroatoms. The molecular weight excluding hydrogens is 386 g/mol. The fraction of sp³-hybridized carbons (Fsp3) is 0.423. The van der Waals surface area contributed by atoms with Crippen molar-refractivity contribution in [3.8, 4) is 0 Å². The molecule has 2 heterocycles. The van der Waals surface area contributed by atoms with Gasteiger partial charge in [0.1, 0.15) is 0 Å². The number of hydrogen-bond donors (Lipinski definition) is 1. The third-order valence-corrected chi connectivity index (χ3v) is 6.61. The summed E-state index contributed by atoms with van der Waals surface area (Å²) in [6, 6.07) is 18.6. The fourth-order valence-electron chi connectivity index (χ4n) is 4.93. The van der Waals surface area contributed by atoms with Crippen molar-refractivity contribution < 1.29 is 9.53 Å². The largest absolute Gasteiger partial charge is 0.382 e. The summed E-state index contributed by atoms with van der Waals surface area (Å²) in [5, 5.41) is 1.32. The lowest BCUT2D eigenvalue weighted by Gasteiger charge is -2.48. The average Bonchev–Trinajstić information content (AvgIpc) is 3.23. The number of carbonyl (C=O) groups excluding carboxylic acids is 1. The summed E-state index contributed by atoms with van der Waals surface area (Å²) in [4.78, 5) is 21.0. The van der Waals surface area contributed by atoms with Crippen LogP contribution in [0.2, 0.25) is 0 Å². The Morgan fingerprint density at radius 1 is 1.10 bits per heavy atom. The van der Waals surface area contributed by atoms with Crippen LogP contribution < -0.4 is 4.90 Å². The number of hydrogen-bond acceptors (Lipinski definition) is 3. The van der Waals surface area contributed by atoms with Gasteiger partial charge in [-0.3, -0.25) is 4.79 Å². The Bertz CT molecular complexity index is 990. The molecule has 2 aromatic carbocycles. The van der Waals surface area contributed by atoms with Crippen LogP contribution in [-0.2, 0) is 16.0 Å². The Hall–Kier alpha value is -2.63. The molecule has 1 saturated heterocycles. The Morgan fingerprint density at radius 3 is 2.52 bits per heavy atom. The van der Waals surface area contributed by atoms with Crippen LogP contribution in [0, 0.1) is 0 Å². The molecule has 164 valence electrons. The monoisotopic (exact) mass is 419 g/mol. The van der Waals surface area contributed by atoms with Gasteiger partial charge in [0.25, 0.3) is 0 Å². The Balaban J connectivity index is 1.47. The van der Waals surface area contributed by atoms with Crippen molar-refractivity contribution >= 4 is 22.5 Å². The normalized spacial score (nSPS) is 16.5. The van der Waals surface area contributed by atoms with Gasteiger partial charge in [-0.1, -0.05) is 43.3 Å². The van der Waals surface area contributed by atoms with E-state index in [0.29, 0.717) is 13.0 Å². The van der Waals surface area contributed by atoms with Crippen LogP contribution in [0.5, 0.6) is 0 Å². The number of fused-ring (bicyclic) bond motifs is 1. The summed E-state index contributed by atoms with van der Waals surface area (Å²) < 4.78 is 5.67. The summed E-state index contributed by atoms with van der Waals surface area (Å²) in [5.74, 6) is 0.162. The number of carbonyl (C=O) groups is 1. The zero-order chi connectivity index (χ0) is 21.7. The summed E-state index contributed by atoms with van der Waals surface area (Å²) in [7, 11) is 1.74. The fourth-order valence-corrected chi connectivity index (χ4v) is 4.93. The molecule has 1 N–H and O–H groups in total. The summed E-state index contributed by atoms with van der Waals surface area (Å²) in [5.41, 5.74) is 3.25.